The molecule has 1 aromatic heterocycles. The lowest BCUT2D eigenvalue weighted by atomic mass is 10.1. The number of phenols is 1. The van der Waals surface area contributed by atoms with Gasteiger partial charge in [0, 0.05) is 6.54 Å². The molecular formula is C22H27N5O5S. The quantitative estimate of drug-likeness (QED) is 0.473. The summed E-state index contributed by atoms with van der Waals surface area (Å²) in [6.07, 6.45) is 3.87. The van der Waals surface area contributed by atoms with E-state index < -0.39 is 11.2 Å². The summed E-state index contributed by atoms with van der Waals surface area (Å²) >= 11 is -1.82. The van der Waals surface area contributed by atoms with E-state index >= 15 is 0 Å². The molecule has 2 aromatic rings. The van der Waals surface area contributed by atoms with E-state index in [4.69, 9.17) is 4.42 Å². The molecule has 10 nitrogen and oxygen atoms in total. The number of carbonyl (C=O) groups excluding carboxylic acids is 1. The minimum Gasteiger partial charge on any atom is -0.505 e. The molecule has 3 heterocycles. The molecule has 4 rings (SSSR count). The first kappa shape index (κ1) is 23.0. The number of aliphatic hydroxyl groups is 1. The monoisotopic (exact) mass is 473 g/mol. The molecule has 1 aromatic carbocycles. The highest BCUT2D eigenvalue weighted by molar-refractivity contribution is 7.83. The van der Waals surface area contributed by atoms with E-state index in [-0.39, 0.29) is 53.3 Å². The minimum atomic E-state index is -1.82. The van der Waals surface area contributed by atoms with Crippen LogP contribution in [-0.2, 0) is 11.2 Å². The van der Waals surface area contributed by atoms with E-state index in [1.54, 1.807) is 23.3 Å². The van der Waals surface area contributed by atoms with Gasteiger partial charge in [-0.1, -0.05) is 13.0 Å². The fraction of sp³-hybridized carbons (Fsp3) is 0.409. The average molecular weight is 474 g/mol. The lowest BCUT2D eigenvalue weighted by molar-refractivity contribution is 0.0674. The lowest BCUT2D eigenvalue weighted by Crippen LogP contribution is -2.38. The van der Waals surface area contributed by atoms with Gasteiger partial charge in [-0.3, -0.25) is 4.79 Å². The van der Waals surface area contributed by atoms with E-state index in [1.165, 1.54) is 6.07 Å². The van der Waals surface area contributed by atoms with Crippen LogP contribution in [0.5, 0.6) is 5.75 Å². The molecule has 2 aliphatic rings. The molecule has 0 aliphatic carbocycles. The van der Waals surface area contributed by atoms with Crippen molar-refractivity contribution in [2.24, 2.45) is 8.80 Å². The summed E-state index contributed by atoms with van der Waals surface area (Å²) in [6, 6.07) is 6.20. The van der Waals surface area contributed by atoms with Crippen molar-refractivity contribution in [2.45, 2.75) is 45.2 Å². The molecule has 0 bridgehead atoms. The van der Waals surface area contributed by atoms with Gasteiger partial charge >= 0.3 is 0 Å². The Labute approximate surface area is 194 Å². The Morgan fingerprint density at radius 1 is 1.36 bits per heavy atom. The number of amidine groups is 2. The van der Waals surface area contributed by atoms with E-state index in [2.05, 4.69) is 19.4 Å². The van der Waals surface area contributed by atoms with Crippen LogP contribution >= 0.6 is 0 Å². The third-order valence-electron chi connectivity index (χ3n) is 5.74. The van der Waals surface area contributed by atoms with E-state index in [1.807, 2.05) is 19.9 Å². The Morgan fingerprint density at radius 2 is 2.15 bits per heavy atom. The van der Waals surface area contributed by atoms with Gasteiger partial charge in [0.1, 0.15) is 5.76 Å². The van der Waals surface area contributed by atoms with Crippen LogP contribution in [0.3, 0.4) is 0 Å². The summed E-state index contributed by atoms with van der Waals surface area (Å²) in [5, 5.41) is 26.5. The maximum Gasteiger partial charge on any atom is 0.269 e. The number of rotatable bonds is 6. The number of hydrogen-bond acceptors (Lipinski definition) is 7. The molecule has 4 N–H and O–H groups in total. The van der Waals surface area contributed by atoms with Crippen LogP contribution in [-0.4, -0.2) is 56.1 Å². The number of amides is 1. The fourth-order valence-electron chi connectivity index (χ4n) is 4.01. The Balaban J connectivity index is 1.54. The van der Waals surface area contributed by atoms with Gasteiger partial charge in [0.2, 0.25) is 0 Å². The van der Waals surface area contributed by atoms with E-state index in [9.17, 15) is 19.2 Å². The van der Waals surface area contributed by atoms with Crippen molar-refractivity contribution >= 4 is 34.4 Å². The zero-order chi connectivity index (χ0) is 23.5. The number of benzene rings is 1. The lowest BCUT2D eigenvalue weighted by Gasteiger charge is -2.24. The Bertz CT molecular complexity index is 1130. The fourth-order valence-corrected chi connectivity index (χ4v) is 4.63. The number of nitrogens with one attached hydrogen (secondary N) is 2. The van der Waals surface area contributed by atoms with Gasteiger partial charge in [-0.05, 0) is 49.9 Å². The molecular weight excluding hydrogens is 446 g/mol. The Hall–Kier alpha value is -3.18. The highest BCUT2D eigenvalue weighted by Crippen LogP contribution is 2.31. The summed E-state index contributed by atoms with van der Waals surface area (Å²) in [5.74, 6) is 0.569. The summed E-state index contributed by atoms with van der Waals surface area (Å²) in [5.41, 5.74) is 1.33. The second-order valence-corrected chi connectivity index (χ2v) is 8.87. The van der Waals surface area contributed by atoms with Crippen LogP contribution in [0.25, 0.3) is 0 Å². The average Bonchev–Trinajstić information content (AvgIpc) is 3.53. The zero-order valence-electron chi connectivity index (χ0n) is 18.4. The van der Waals surface area contributed by atoms with Gasteiger partial charge in [-0.15, -0.1) is 8.80 Å². The van der Waals surface area contributed by atoms with Crippen LogP contribution in [0.1, 0.15) is 53.9 Å². The SMILES string of the molecule is CC[C@@H](NC1=NS(=O)N=C1Nc1cccc(C(=O)N2CCC[C@H]2CO)c1O)c1cc(C)co1. The van der Waals surface area contributed by atoms with Crippen molar-refractivity contribution in [3.05, 3.63) is 47.4 Å². The molecule has 0 saturated carbocycles. The van der Waals surface area contributed by atoms with Crippen LogP contribution in [0.2, 0.25) is 0 Å². The number of anilines is 1. The summed E-state index contributed by atoms with van der Waals surface area (Å²) < 4.78 is 25.7. The molecule has 1 saturated heterocycles. The van der Waals surface area contributed by atoms with Gasteiger partial charge in [0.05, 0.1) is 36.2 Å². The van der Waals surface area contributed by atoms with Crippen molar-refractivity contribution in [3.8, 4) is 5.75 Å². The van der Waals surface area contributed by atoms with Crippen molar-refractivity contribution in [1.82, 2.24) is 10.2 Å². The summed E-state index contributed by atoms with van der Waals surface area (Å²) in [7, 11) is 0. The standard InChI is InChI=1S/C22H27N5O5S/c1-3-16(18-10-13(2)12-32-18)23-20-21(26-33(31)25-20)24-17-8-4-7-15(19(17)29)22(30)27-9-5-6-14(27)11-28/h4,7-8,10,12,14,16,28-29H,3,5-6,9,11H2,1-2H3,(H,23,25)(H,24,26)/t14-,16+,33?/m0/s1. The number of nitrogens with zero attached hydrogens (tertiary/aromatic N) is 3. The smallest absolute Gasteiger partial charge is 0.269 e. The van der Waals surface area contributed by atoms with Gasteiger partial charge in [0.15, 0.2) is 17.4 Å². The number of aliphatic hydroxyl groups excluding tert-OH is 1. The second-order valence-electron chi connectivity index (χ2n) is 8.05. The van der Waals surface area contributed by atoms with Gasteiger partial charge in [-0.2, -0.15) is 0 Å². The molecule has 0 radical (unpaired) electrons. The third kappa shape index (κ3) is 4.79. The highest BCUT2D eigenvalue weighted by Gasteiger charge is 2.31. The second kappa shape index (κ2) is 9.75. The van der Waals surface area contributed by atoms with E-state index in [0.29, 0.717) is 18.7 Å². The maximum absolute atomic E-state index is 13.0. The molecule has 3 atom stereocenters. The van der Waals surface area contributed by atoms with E-state index in [0.717, 1.165) is 18.4 Å². The molecule has 11 heteroatoms. The van der Waals surface area contributed by atoms with Crippen molar-refractivity contribution in [2.75, 3.05) is 18.5 Å². The molecule has 33 heavy (non-hydrogen) atoms. The topological polar surface area (TPSA) is 140 Å². The van der Waals surface area contributed by atoms with Gasteiger partial charge in [0.25, 0.3) is 17.1 Å². The number of likely N-dealkylation sites (tertiary alicyclic amines) is 1. The van der Waals surface area contributed by atoms with Gasteiger partial charge in [-0.25, -0.2) is 4.21 Å². The molecule has 1 fully saturated rings. The molecule has 0 spiro atoms. The largest absolute Gasteiger partial charge is 0.505 e. The predicted molar refractivity (Wildman–Crippen MR) is 125 cm³/mol. The highest BCUT2D eigenvalue weighted by atomic mass is 32.2. The third-order valence-corrected chi connectivity index (χ3v) is 6.42. The number of phenolic OH excluding ortho intramolecular Hbond substituents is 1. The maximum atomic E-state index is 13.0. The van der Waals surface area contributed by atoms with Crippen LogP contribution in [0, 0.1) is 6.92 Å². The number of carbonyl (C=O) groups is 1. The van der Waals surface area contributed by atoms with Crippen LogP contribution in [0.4, 0.5) is 5.69 Å². The number of aromatic hydroxyl groups is 1. The van der Waals surface area contributed by atoms with Crippen LogP contribution in [0.15, 0.2) is 43.7 Å². The van der Waals surface area contributed by atoms with Crippen molar-refractivity contribution in [3.63, 3.8) is 0 Å². The first-order valence-electron chi connectivity index (χ1n) is 10.8. The predicted octanol–water partition coefficient (Wildman–Crippen LogP) is 2.43. The molecule has 2 aliphatic heterocycles. The minimum absolute atomic E-state index is 0.115. The Morgan fingerprint density at radius 3 is 2.85 bits per heavy atom. The molecule has 1 unspecified atom stereocenters. The number of furan rings is 1. The van der Waals surface area contributed by atoms with Crippen molar-refractivity contribution < 1.29 is 23.6 Å². The summed E-state index contributed by atoms with van der Waals surface area (Å²) in [6.45, 7) is 4.31. The number of hydrogen-bond donors (Lipinski definition) is 4. The summed E-state index contributed by atoms with van der Waals surface area (Å²) in [4.78, 5) is 14.6. The number of aryl methyl sites for hydroxylation is 1. The first-order valence-corrected chi connectivity index (χ1v) is 11.9. The molecule has 1 amide bonds. The van der Waals surface area contributed by atoms with Crippen LogP contribution < -0.4 is 10.6 Å². The molecule has 176 valence electrons. The Kier molecular flexibility index (Phi) is 6.80. The van der Waals surface area contributed by atoms with Gasteiger partial charge < -0.3 is 30.2 Å². The van der Waals surface area contributed by atoms with Crippen molar-refractivity contribution in [1.29, 1.82) is 0 Å². The number of para-hydroxylation sites is 1. The zero-order valence-corrected chi connectivity index (χ0v) is 19.3. The normalized spacial score (nSPS) is 21.0. The first-order chi connectivity index (χ1) is 15.9.